The Hall–Kier alpha value is -3.55. The van der Waals surface area contributed by atoms with Gasteiger partial charge < -0.3 is 14.6 Å². The Morgan fingerprint density at radius 1 is 1.07 bits per heavy atom. The highest BCUT2D eigenvalue weighted by molar-refractivity contribution is 5.99. The quantitative estimate of drug-likeness (QED) is 0.229. The predicted octanol–water partition coefficient (Wildman–Crippen LogP) is 7.17. The molecule has 0 amide bonds. The highest BCUT2D eigenvalue weighted by Crippen LogP contribution is 2.46. The Morgan fingerprint density at radius 3 is 2.65 bits per heavy atom. The number of nitrogens with zero attached hydrogens (tertiary/aromatic N) is 2. The van der Waals surface area contributed by atoms with Crippen LogP contribution in [-0.4, -0.2) is 54.4 Å². The molecule has 43 heavy (non-hydrogen) atoms. The molecular formula is C36H41FN2O4. The lowest BCUT2D eigenvalue weighted by Gasteiger charge is -2.25. The molecule has 2 fully saturated rings. The monoisotopic (exact) mass is 584 g/mol. The number of carbonyl (C=O) groups excluding carboxylic acids is 1. The van der Waals surface area contributed by atoms with Crippen molar-refractivity contribution in [2.75, 3.05) is 26.9 Å². The minimum atomic E-state index is -0.275. The lowest BCUT2D eigenvalue weighted by Crippen LogP contribution is -2.30. The smallest absolute Gasteiger partial charge is 0.163 e. The molecule has 7 heteroatoms. The van der Waals surface area contributed by atoms with Crippen LogP contribution in [0.1, 0.15) is 66.9 Å². The fourth-order valence-electron chi connectivity index (χ4n) is 7.44. The molecule has 3 aromatic carbocycles. The number of carbonyl (C=O) groups is 1. The van der Waals surface area contributed by atoms with E-state index in [1.54, 1.807) is 19.2 Å². The lowest BCUT2D eigenvalue weighted by molar-refractivity contribution is 0.0949. The molecule has 1 N–H and O–H groups in total. The van der Waals surface area contributed by atoms with Crippen molar-refractivity contribution in [1.29, 1.82) is 0 Å². The van der Waals surface area contributed by atoms with E-state index in [9.17, 15) is 9.18 Å². The summed E-state index contributed by atoms with van der Waals surface area (Å²) in [7, 11) is 1.66. The fourth-order valence-corrected chi connectivity index (χ4v) is 7.44. The third-order valence-corrected chi connectivity index (χ3v) is 9.47. The van der Waals surface area contributed by atoms with Crippen molar-refractivity contribution < 1.29 is 23.8 Å². The first-order valence-corrected chi connectivity index (χ1v) is 15.6. The third-order valence-electron chi connectivity index (χ3n) is 9.47. The Balaban J connectivity index is 1.13. The maximum absolute atomic E-state index is 13.6. The number of likely N-dealkylation sites (tertiary alicyclic amines) is 1. The molecule has 1 aliphatic carbocycles. The zero-order chi connectivity index (χ0) is 29.9. The Kier molecular flexibility index (Phi) is 8.91. The number of aliphatic imine (C=N–C) groups is 1. The van der Waals surface area contributed by atoms with E-state index in [4.69, 9.17) is 19.6 Å². The number of hydrogen-bond acceptors (Lipinski definition) is 6. The van der Waals surface area contributed by atoms with Gasteiger partial charge in [-0.2, -0.15) is 0 Å². The van der Waals surface area contributed by atoms with Crippen LogP contribution < -0.4 is 9.47 Å². The highest BCUT2D eigenvalue weighted by atomic mass is 19.1. The summed E-state index contributed by atoms with van der Waals surface area (Å²) in [5, 5.41) is 9.14. The fraction of sp³-hybridized carbons (Fsp3) is 0.444. The van der Waals surface area contributed by atoms with E-state index in [2.05, 4.69) is 23.1 Å². The van der Waals surface area contributed by atoms with Gasteiger partial charge in [0.2, 0.25) is 0 Å². The van der Waals surface area contributed by atoms with Crippen molar-refractivity contribution in [1.82, 2.24) is 4.90 Å². The minimum Gasteiger partial charge on any atom is -0.496 e. The van der Waals surface area contributed by atoms with Gasteiger partial charge in [0.05, 0.1) is 25.0 Å². The SMILES string of the molecule is CCOc1cc(CN2CC[C@H]3C(CC(=O)c4ccc5c(c4)N=C(CCCO)C5)CC[C@H]32)cc(OC)c1-c1ccc(F)cc1. The molecule has 226 valence electrons. The number of aliphatic hydroxyl groups is 1. The maximum atomic E-state index is 13.6. The summed E-state index contributed by atoms with van der Waals surface area (Å²) >= 11 is 0. The van der Waals surface area contributed by atoms with Crippen LogP contribution in [0.25, 0.3) is 11.1 Å². The van der Waals surface area contributed by atoms with Gasteiger partial charge in [0.15, 0.2) is 5.78 Å². The van der Waals surface area contributed by atoms with E-state index >= 15 is 0 Å². The van der Waals surface area contributed by atoms with E-state index < -0.39 is 0 Å². The summed E-state index contributed by atoms with van der Waals surface area (Å²) in [5.74, 6) is 2.32. The van der Waals surface area contributed by atoms with Crippen molar-refractivity contribution in [3.8, 4) is 22.6 Å². The first kappa shape index (κ1) is 29.5. The van der Waals surface area contributed by atoms with E-state index in [1.165, 1.54) is 17.7 Å². The van der Waals surface area contributed by atoms with Gasteiger partial charge in [0, 0.05) is 43.3 Å². The second-order valence-corrected chi connectivity index (χ2v) is 12.1. The number of rotatable bonds is 12. The molecule has 3 aromatic rings. The molecule has 1 saturated heterocycles. The lowest BCUT2D eigenvalue weighted by atomic mass is 9.87. The number of aliphatic hydroxyl groups excluding tert-OH is 1. The van der Waals surface area contributed by atoms with Crippen molar-refractivity contribution in [2.24, 2.45) is 16.8 Å². The van der Waals surface area contributed by atoms with Crippen molar-refractivity contribution in [2.45, 2.75) is 64.5 Å². The zero-order valence-electron chi connectivity index (χ0n) is 25.2. The van der Waals surface area contributed by atoms with Crippen LogP contribution in [0.3, 0.4) is 0 Å². The number of methoxy groups -OCH3 is 1. The average molecular weight is 585 g/mol. The molecule has 2 aliphatic heterocycles. The molecule has 1 saturated carbocycles. The van der Waals surface area contributed by atoms with Gasteiger partial charge in [-0.3, -0.25) is 14.7 Å². The number of ketones is 1. The number of Topliss-reactive ketones (excluding diaryl/α,β-unsaturated/α-hetero) is 1. The number of benzene rings is 3. The zero-order valence-corrected chi connectivity index (χ0v) is 25.2. The first-order chi connectivity index (χ1) is 21.0. The predicted molar refractivity (Wildman–Crippen MR) is 167 cm³/mol. The van der Waals surface area contributed by atoms with Crippen molar-refractivity contribution in [3.63, 3.8) is 0 Å². The molecule has 0 spiro atoms. The van der Waals surface area contributed by atoms with E-state index in [1.807, 2.05) is 19.1 Å². The number of halogens is 1. The maximum Gasteiger partial charge on any atom is 0.163 e. The Bertz CT molecular complexity index is 1500. The summed E-state index contributed by atoms with van der Waals surface area (Å²) in [6.45, 7) is 4.46. The van der Waals surface area contributed by atoms with Gasteiger partial charge in [-0.25, -0.2) is 4.39 Å². The molecule has 1 unspecified atom stereocenters. The summed E-state index contributed by atoms with van der Waals surface area (Å²) in [6, 6.07) is 17.1. The largest absolute Gasteiger partial charge is 0.496 e. The molecular weight excluding hydrogens is 543 g/mol. The summed E-state index contributed by atoms with van der Waals surface area (Å²) in [6.07, 6.45) is 6.21. The van der Waals surface area contributed by atoms with Gasteiger partial charge in [0.25, 0.3) is 0 Å². The van der Waals surface area contributed by atoms with Gasteiger partial charge in [0.1, 0.15) is 17.3 Å². The number of hydrogen-bond donors (Lipinski definition) is 1. The van der Waals surface area contributed by atoms with Crippen LogP contribution in [0.4, 0.5) is 10.1 Å². The van der Waals surface area contributed by atoms with Crippen LogP contribution in [0.2, 0.25) is 0 Å². The first-order valence-electron chi connectivity index (χ1n) is 15.6. The van der Waals surface area contributed by atoms with Gasteiger partial charge in [-0.05, 0) is 104 Å². The summed E-state index contributed by atoms with van der Waals surface area (Å²) in [5.41, 5.74) is 6.77. The molecule has 6 rings (SSSR count). The van der Waals surface area contributed by atoms with Crippen molar-refractivity contribution >= 4 is 17.2 Å². The third kappa shape index (κ3) is 6.24. The van der Waals surface area contributed by atoms with Crippen molar-refractivity contribution in [3.05, 3.63) is 77.1 Å². The Labute approximate surface area is 253 Å². The van der Waals surface area contributed by atoms with Crippen LogP contribution in [-0.2, 0) is 13.0 Å². The van der Waals surface area contributed by atoms with Crippen LogP contribution in [0, 0.1) is 17.7 Å². The normalized spacial score (nSPS) is 21.0. The summed E-state index contributed by atoms with van der Waals surface area (Å²) < 4.78 is 25.5. The van der Waals surface area contributed by atoms with Gasteiger partial charge in [-0.1, -0.05) is 24.3 Å². The van der Waals surface area contributed by atoms with E-state index in [0.717, 1.165) is 96.8 Å². The topological polar surface area (TPSA) is 71.4 Å². The number of fused-ring (bicyclic) bond motifs is 2. The molecule has 0 radical (unpaired) electrons. The van der Waals surface area contributed by atoms with Crippen LogP contribution in [0.15, 0.2) is 59.6 Å². The van der Waals surface area contributed by atoms with E-state index in [-0.39, 0.29) is 18.2 Å². The molecule has 0 bridgehead atoms. The molecule has 2 heterocycles. The average Bonchev–Trinajstić information content (AvgIpc) is 3.72. The molecule has 0 aromatic heterocycles. The van der Waals surface area contributed by atoms with E-state index in [0.29, 0.717) is 30.9 Å². The van der Waals surface area contributed by atoms with Gasteiger partial charge in [-0.15, -0.1) is 0 Å². The molecule has 3 aliphatic rings. The molecule has 6 nitrogen and oxygen atoms in total. The van der Waals surface area contributed by atoms with Crippen LogP contribution >= 0.6 is 0 Å². The van der Waals surface area contributed by atoms with Crippen LogP contribution in [0.5, 0.6) is 11.5 Å². The standard InChI is InChI=1S/C36H41FN2O4/c1-3-43-35-18-23(17-34(42-2)36(35)24-8-11-28(37)12-9-24)22-39-15-14-30-25(10-13-32(30)39)21-33(41)27-7-6-26-19-29(5-4-16-40)38-31(26)20-27/h6-9,11-12,17-18,20,25,30,32,40H,3-5,10,13-16,19,21-22H2,1-2H3/t25?,30-,32+/m0/s1. The second-order valence-electron chi connectivity index (χ2n) is 12.1. The highest BCUT2D eigenvalue weighted by Gasteiger charge is 2.44. The summed E-state index contributed by atoms with van der Waals surface area (Å²) in [4.78, 5) is 20.7. The Morgan fingerprint density at radius 2 is 1.88 bits per heavy atom. The number of ether oxygens (including phenoxy) is 2. The minimum absolute atomic E-state index is 0.173. The van der Waals surface area contributed by atoms with Gasteiger partial charge >= 0.3 is 0 Å². The second kappa shape index (κ2) is 13.0. The molecule has 3 atom stereocenters.